The lowest BCUT2D eigenvalue weighted by Gasteiger charge is -2.16. The summed E-state index contributed by atoms with van der Waals surface area (Å²) in [5.41, 5.74) is 0.0411. The molecule has 0 spiro atoms. The van der Waals surface area contributed by atoms with Crippen molar-refractivity contribution in [3.05, 3.63) is 77.5 Å². The smallest absolute Gasteiger partial charge is 0.416 e. The van der Waals surface area contributed by atoms with Crippen molar-refractivity contribution in [2.45, 2.75) is 19.6 Å². The Labute approximate surface area is 164 Å². The molecule has 29 heavy (non-hydrogen) atoms. The van der Waals surface area contributed by atoms with E-state index < -0.39 is 17.8 Å². The average Bonchev–Trinajstić information content (AvgIpc) is 2.69. The van der Waals surface area contributed by atoms with Gasteiger partial charge in [0.25, 0.3) is 0 Å². The number of benzene rings is 2. The third-order valence-electron chi connectivity index (χ3n) is 4.17. The molecule has 0 aliphatic heterocycles. The Morgan fingerprint density at radius 1 is 1.14 bits per heavy atom. The molecular formula is C21H17F3N2O3. The maximum absolute atomic E-state index is 13.3. The molecule has 150 valence electrons. The molecule has 1 amide bonds. The van der Waals surface area contributed by atoms with E-state index in [4.69, 9.17) is 4.74 Å². The van der Waals surface area contributed by atoms with Gasteiger partial charge in [-0.3, -0.25) is 0 Å². The van der Waals surface area contributed by atoms with Crippen LogP contribution in [0.4, 0.5) is 18.0 Å². The van der Waals surface area contributed by atoms with E-state index in [1.54, 1.807) is 49.4 Å². The first-order valence-corrected chi connectivity index (χ1v) is 8.61. The molecule has 1 heterocycles. The Balaban J connectivity index is 1.86. The predicted molar refractivity (Wildman–Crippen MR) is 100 cm³/mol. The molecule has 1 aromatic heterocycles. The molecule has 0 radical (unpaired) electrons. The van der Waals surface area contributed by atoms with E-state index in [9.17, 15) is 23.1 Å². The minimum absolute atomic E-state index is 0.0196. The van der Waals surface area contributed by atoms with Gasteiger partial charge >= 0.3 is 12.3 Å². The summed E-state index contributed by atoms with van der Waals surface area (Å²) in [4.78, 5) is 15.9. The minimum Gasteiger partial charge on any atom is -0.507 e. The van der Waals surface area contributed by atoms with Gasteiger partial charge in [-0.2, -0.15) is 13.2 Å². The molecule has 0 bridgehead atoms. The molecule has 0 aliphatic carbocycles. The highest BCUT2D eigenvalue weighted by molar-refractivity contribution is 5.74. The fraction of sp³-hybridized carbons (Fsp3) is 0.143. The van der Waals surface area contributed by atoms with E-state index in [2.05, 4.69) is 10.3 Å². The predicted octanol–water partition coefficient (Wildman–Crippen LogP) is 5.07. The van der Waals surface area contributed by atoms with Gasteiger partial charge in [0.05, 0.1) is 5.56 Å². The molecule has 0 saturated heterocycles. The summed E-state index contributed by atoms with van der Waals surface area (Å²) in [5, 5.41) is 12.9. The summed E-state index contributed by atoms with van der Waals surface area (Å²) in [6, 6.07) is 13.2. The Bertz CT molecular complexity index is 1020. The van der Waals surface area contributed by atoms with E-state index in [1.165, 1.54) is 6.20 Å². The van der Waals surface area contributed by atoms with E-state index >= 15 is 0 Å². The number of hydrogen-bond acceptors (Lipinski definition) is 4. The van der Waals surface area contributed by atoms with Crippen LogP contribution in [0.25, 0.3) is 11.1 Å². The molecule has 3 rings (SSSR count). The molecule has 8 heteroatoms. The highest BCUT2D eigenvalue weighted by Crippen LogP contribution is 2.39. The summed E-state index contributed by atoms with van der Waals surface area (Å²) in [5.74, 6) is -0.262. The van der Waals surface area contributed by atoms with E-state index in [0.29, 0.717) is 11.1 Å². The molecule has 0 unspecified atom stereocenters. The van der Waals surface area contributed by atoms with Gasteiger partial charge in [-0.05, 0) is 30.7 Å². The van der Waals surface area contributed by atoms with Crippen molar-refractivity contribution < 1.29 is 27.8 Å². The number of carbonyl (C=O) groups excluding carboxylic acids is 1. The number of pyridine rings is 1. The first-order chi connectivity index (χ1) is 13.8. The number of ether oxygens (including phenoxy) is 1. The van der Waals surface area contributed by atoms with Crippen LogP contribution in [0.15, 0.2) is 60.8 Å². The lowest BCUT2D eigenvalue weighted by molar-refractivity contribution is -0.137. The highest BCUT2D eigenvalue weighted by atomic mass is 19.4. The van der Waals surface area contributed by atoms with Crippen molar-refractivity contribution in [1.82, 2.24) is 10.3 Å². The zero-order valence-electron chi connectivity index (χ0n) is 15.3. The van der Waals surface area contributed by atoms with Crippen molar-refractivity contribution in [2.75, 3.05) is 0 Å². The van der Waals surface area contributed by atoms with E-state index in [-0.39, 0.29) is 29.3 Å². The van der Waals surface area contributed by atoms with Crippen molar-refractivity contribution in [2.24, 2.45) is 0 Å². The zero-order valence-corrected chi connectivity index (χ0v) is 15.3. The third kappa shape index (κ3) is 4.84. The number of rotatable bonds is 4. The van der Waals surface area contributed by atoms with Crippen LogP contribution in [0.3, 0.4) is 0 Å². The number of aromatic nitrogens is 1. The van der Waals surface area contributed by atoms with Crippen LogP contribution in [0.1, 0.15) is 16.7 Å². The SMILES string of the molecule is Cc1cccnc1OC(=O)NCc1cc(C(F)(F)F)cc(-c2ccccc2)c1O. The summed E-state index contributed by atoms with van der Waals surface area (Å²) in [7, 11) is 0. The highest BCUT2D eigenvalue weighted by Gasteiger charge is 2.32. The number of amides is 1. The number of aryl methyl sites for hydroxylation is 1. The van der Waals surface area contributed by atoms with Gasteiger partial charge in [-0.25, -0.2) is 9.78 Å². The second-order valence-electron chi connectivity index (χ2n) is 6.26. The van der Waals surface area contributed by atoms with Crippen molar-refractivity contribution in [3.63, 3.8) is 0 Å². The molecule has 5 nitrogen and oxygen atoms in total. The number of phenols is 1. The number of alkyl halides is 3. The molecule has 2 N–H and O–H groups in total. The molecule has 0 aliphatic rings. The molecule has 0 fully saturated rings. The number of aromatic hydroxyl groups is 1. The monoisotopic (exact) mass is 402 g/mol. The largest absolute Gasteiger partial charge is 0.507 e. The van der Waals surface area contributed by atoms with Gasteiger partial charge in [-0.15, -0.1) is 0 Å². The van der Waals surface area contributed by atoms with Gasteiger partial charge in [0.2, 0.25) is 5.88 Å². The van der Waals surface area contributed by atoms with Crippen LogP contribution >= 0.6 is 0 Å². The van der Waals surface area contributed by atoms with Crippen molar-refractivity contribution in [3.8, 4) is 22.8 Å². The van der Waals surface area contributed by atoms with Gasteiger partial charge in [0, 0.05) is 29.4 Å². The van der Waals surface area contributed by atoms with Gasteiger partial charge in [-0.1, -0.05) is 36.4 Å². The van der Waals surface area contributed by atoms with Crippen LogP contribution in [-0.4, -0.2) is 16.2 Å². The molecular weight excluding hydrogens is 385 g/mol. The second kappa shape index (κ2) is 8.22. The summed E-state index contributed by atoms with van der Waals surface area (Å²) in [6.07, 6.45) is -4.07. The van der Waals surface area contributed by atoms with Crippen molar-refractivity contribution in [1.29, 1.82) is 0 Å². The summed E-state index contributed by atoms with van der Waals surface area (Å²) in [6.45, 7) is 1.33. The number of nitrogens with one attached hydrogen (secondary N) is 1. The summed E-state index contributed by atoms with van der Waals surface area (Å²) < 4.78 is 45.0. The molecule has 0 atom stereocenters. The minimum atomic E-state index is -4.61. The van der Waals surface area contributed by atoms with Crippen LogP contribution < -0.4 is 10.1 Å². The number of nitrogens with zero attached hydrogens (tertiary/aromatic N) is 1. The Morgan fingerprint density at radius 2 is 1.86 bits per heavy atom. The first kappa shape index (κ1) is 20.2. The number of carbonyl (C=O) groups is 1. The lowest BCUT2D eigenvalue weighted by Crippen LogP contribution is -2.27. The number of hydrogen-bond donors (Lipinski definition) is 2. The first-order valence-electron chi connectivity index (χ1n) is 8.61. The molecule has 3 aromatic rings. The second-order valence-corrected chi connectivity index (χ2v) is 6.26. The maximum Gasteiger partial charge on any atom is 0.416 e. The third-order valence-corrected chi connectivity index (χ3v) is 4.17. The van der Waals surface area contributed by atoms with E-state index in [0.717, 1.165) is 12.1 Å². The molecule has 0 saturated carbocycles. The Morgan fingerprint density at radius 3 is 2.52 bits per heavy atom. The van der Waals surface area contributed by atoms with Gasteiger partial charge in [0.1, 0.15) is 5.75 Å². The Hall–Kier alpha value is -3.55. The average molecular weight is 402 g/mol. The Kier molecular flexibility index (Phi) is 5.72. The summed E-state index contributed by atoms with van der Waals surface area (Å²) >= 11 is 0. The van der Waals surface area contributed by atoms with E-state index in [1.807, 2.05) is 0 Å². The van der Waals surface area contributed by atoms with Gasteiger partial charge < -0.3 is 15.2 Å². The fourth-order valence-electron chi connectivity index (χ4n) is 2.70. The number of phenolic OH excluding ortho intramolecular Hbond substituents is 1. The normalized spacial score (nSPS) is 11.2. The maximum atomic E-state index is 13.3. The van der Waals surface area contributed by atoms with Crippen LogP contribution in [-0.2, 0) is 12.7 Å². The zero-order chi connectivity index (χ0) is 21.0. The van der Waals surface area contributed by atoms with Crippen LogP contribution in [0.2, 0.25) is 0 Å². The molecule has 2 aromatic carbocycles. The van der Waals surface area contributed by atoms with Crippen molar-refractivity contribution >= 4 is 6.09 Å². The fourth-order valence-corrected chi connectivity index (χ4v) is 2.70. The lowest BCUT2D eigenvalue weighted by atomic mass is 9.98. The van der Waals surface area contributed by atoms with Crippen LogP contribution in [0.5, 0.6) is 11.6 Å². The van der Waals surface area contributed by atoms with Gasteiger partial charge in [0.15, 0.2) is 0 Å². The topological polar surface area (TPSA) is 71.5 Å². The quantitative estimate of drug-likeness (QED) is 0.639. The standard InChI is InChI=1S/C21H17F3N2O3/c1-13-6-5-9-25-19(13)29-20(28)26-12-15-10-16(21(22,23)24)11-17(18(15)27)14-7-3-2-4-8-14/h2-11,27H,12H2,1H3,(H,26,28). The van der Waals surface area contributed by atoms with Crippen LogP contribution in [0, 0.1) is 6.92 Å². The number of halogens is 3.